The summed E-state index contributed by atoms with van der Waals surface area (Å²) in [6.07, 6.45) is 7.09. The molecule has 3 aromatic rings. The summed E-state index contributed by atoms with van der Waals surface area (Å²) in [6, 6.07) is 14.5. The molecule has 0 saturated carbocycles. The first-order valence-electron chi connectivity index (χ1n) is 9.00. The minimum absolute atomic E-state index is 0.127. The van der Waals surface area contributed by atoms with Crippen molar-refractivity contribution in [2.24, 2.45) is 0 Å². The molecule has 4 rings (SSSR count). The van der Waals surface area contributed by atoms with E-state index in [0.717, 1.165) is 49.3 Å². The van der Waals surface area contributed by atoms with Crippen LogP contribution in [-0.2, 0) is 0 Å². The molecule has 0 radical (unpaired) electrons. The highest BCUT2D eigenvalue weighted by atomic mass is 16.2. The number of fused-ring (bicyclic) bond motifs is 1. The molecule has 0 spiro atoms. The molecule has 25 heavy (non-hydrogen) atoms. The molecule has 2 aromatic heterocycles. The maximum Gasteiger partial charge on any atom is 0.255 e. The maximum atomic E-state index is 12.9. The largest absolute Gasteiger partial charge is 0.339 e. The Balaban J connectivity index is 1.50. The quantitative estimate of drug-likeness (QED) is 0.709. The Labute approximate surface area is 148 Å². The minimum atomic E-state index is 0.127. The lowest BCUT2D eigenvalue weighted by Crippen LogP contribution is -2.32. The lowest BCUT2D eigenvalue weighted by Gasteiger charge is -2.21. The number of imidazole rings is 1. The molecule has 1 amide bonds. The third-order valence-electron chi connectivity index (χ3n) is 5.10. The monoisotopic (exact) mass is 333 g/mol. The second-order valence-electron chi connectivity index (χ2n) is 6.90. The molecule has 1 atom stereocenters. The number of hydrogen-bond acceptors (Lipinski definition) is 2. The lowest BCUT2D eigenvalue weighted by atomic mass is 9.92. The molecule has 4 heteroatoms. The van der Waals surface area contributed by atoms with E-state index in [2.05, 4.69) is 35.3 Å². The number of aryl methyl sites for hydroxylation is 1. The van der Waals surface area contributed by atoms with E-state index in [9.17, 15) is 4.79 Å². The zero-order chi connectivity index (χ0) is 17.2. The van der Waals surface area contributed by atoms with Gasteiger partial charge in [-0.3, -0.25) is 4.79 Å². The van der Waals surface area contributed by atoms with E-state index < -0.39 is 0 Å². The van der Waals surface area contributed by atoms with Crippen LogP contribution in [0.2, 0.25) is 0 Å². The molecule has 4 nitrogen and oxygen atoms in total. The zero-order valence-corrected chi connectivity index (χ0v) is 14.6. The van der Waals surface area contributed by atoms with Crippen LogP contribution < -0.4 is 0 Å². The van der Waals surface area contributed by atoms with Crippen molar-refractivity contribution >= 4 is 11.6 Å². The Morgan fingerprint density at radius 2 is 1.88 bits per heavy atom. The van der Waals surface area contributed by atoms with E-state index in [1.165, 1.54) is 5.56 Å². The summed E-state index contributed by atoms with van der Waals surface area (Å²) in [7, 11) is 0. The van der Waals surface area contributed by atoms with Crippen LogP contribution in [0.4, 0.5) is 0 Å². The van der Waals surface area contributed by atoms with Crippen LogP contribution in [0.1, 0.15) is 46.8 Å². The van der Waals surface area contributed by atoms with Crippen LogP contribution in [0.15, 0.2) is 54.9 Å². The fourth-order valence-electron chi connectivity index (χ4n) is 3.79. The fraction of sp³-hybridized carbons (Fsp3) is 0.333. The normalized spacial score (nSPS) is 18.3. The van der Waals surface area contributed by atoms with Gasteiger partial charge in [-0.2, -0.15) is 0 Å². The molecule has 1 aliphatic heterocycles. The summed E-state index contributed by atoms with van der Waals surface area (Å²) in [5.41, 5.74) is 3.98. The molecule has 1 aliphatic rings. The predicted molar refractivity (Wildman–Crippen MR) is 98.9 cm³/mol. The van der Waals surface area contributed by atoms with Crippen molar-refractivity contribution in [3.63, 3.8) is 0 Å². The van der Waals surface area contributed by atoms with Gasteiger partial charge in [0.15, 0.2) is 0 Å². The van der Waals surface area contributed by atoms with Crippen LogP contribution in [0.25, 0.3) is 5.65 Å². The third kappa shape index (κ3) is 3.29. The maximum absolute atomic E-state index is 12.9. The average Bonchev–Trinajstić information content (AvgIpc) is 2.85. The van der Waals surface area contributed by atoms with Crippen molar-refractivity contribution < 1.29 is 4.79 Å². The standard InChI is InChI=1S/C21H23N3O/c1-16-14-24-15-19(9-10-20(24)22-16)21(25)23-12-5-8-18(11-13-23)17-6-3-2-4-7-17/h2-4,6-7,9-10,14-15,18H,5,8,11-13H2,1H3. The van der Waals surface area contributed by atoms with E-state index in [4.69, 9.17) is 0 Å². The van der Waals surface area contributed by atoms with Crippen LogP contribution in [-0.4, -0.2) is 33.3 Å². The van der Waals surface area contributed by atoms with Gasteiger partial charge in [0.2, 0.25) is 0 Å². The summed E-state index contributed by atoms with van der Waals surface area (Å²) in [5, 5.41) is 0. The highest BCUT2D eigenvalue weighted by molar-refractivity contribution is 5.94. The van der Waals surface area contributed by atoms with Crippen LogP contribution >= 0.6 is 0 Å². The Hall–Kier alpha value is -2.62. The number of benzene rings is 1. The molecule has 128 valence electrons. The van der Waals surface area contributed by atoms with Gasteiger partial charge in [-0.25, -0.2) is 4.98 Å². The van der Waals surface area contributed by atoms with E-state index >= 15 is 0 Å². The van der Waals surface area contributed by atoms with Crippen LogP contribution in [0.3, 0.4) is 0 Å². The first-order chi connectivity index (χ1) is 12.2. The minimum Gasteiger partial charge on any atom is -0.339 e. The van der Waals surface area contributed by atoms with Crippen molar-refractivity contribution in [1.29, 1.82) is 0 Å². The Morgan fingerprint density at radius 3 is 2.72 bits per heavy atom. The van der Waals surface area contributed by atoms with Crippen LogP contribution in [0, 0.1) is 6.92 Å². The van der Waals surface area contributed by atoms with Gasteiger partial charge in [0, 0.05) is 25.5 Å². The number of nitrogens with zero attached hydrogens (tertiary/aromatic N) is 3. The van der Waals surface area contributed by atoms with Crippen LogP contribution in [0.5, 0.6) is 0 Å². The van der Waals surface area contributed by atoms with E-state index in [0.29, 0.717) is 5.92 Å². The van der Waals surface area contributed by atoms with Gasteiger partial charge in [-0.15, -0.1) is 0 Å². The molecular weight excluding hydrogens is 310 g/mol. The van der Waals surface area contributed by atoms with Gasteiger partial charge in [0.1, 0.15) is 5.65 Å². The van der Waals surface area contributed by atoms with Gasteiger partial charge in [-0.05, 0) is 49.8 Å². The van der Waals surface area contributed by atoms with Crippen molar-refractivity contribution in [2.45, 2.75) is 32.1 Å². The topological polar surface area (TPSA) is 37.6 Å². The third-order valence-corrected chi connectivity index (χ3v) is 5.10. The molecule has 1 fully saturated rings. The number of pyridine rings is 1. The van der Waals surface area contributed by atoms with Gasteiger partial charge >= 0.3 is 0 Å². The first-order valence-corrected chi connectivity index (χ1v) is 9.00. The average molecular weight is 333 g/mol. The van der Waals surface area contributed by atoms with Gasteiger partial charge in [-0.1, -0.05) is 30.3 Å². The highest BCUT2D eigenvalue weighted by Gasteiger charge is 2.22. The van der Waals surface area contributed by atoms with Crippen molar-refractivity contribution in [2.75, 3.05) is 13.1 Å². The van der Waals surface area contributed by atoms with E-state index in [-0.39, 0.29) is 5.91 Å². The van der Waals surface area contributed by atoms with Crippen molar-refractivity contribution in [3.8, 4) is 0 Å². The number of rotatable bonds is 2. The molecule has 0 bridgehead atoms. The summed E-state index contributed by atoms with van der Waals surface area (Å²) >= 11 is 0. The molecular formula is C21H23N3O. The van der Waals surface area contributed by atoms with E-state index in [1.807, 2.05) is 40.8 Å². The molecule has 0 aliphatic carbocycles. The number of aromatic nitrogens is 2. The Morgan fingerprint density at radius 1 is 1.04 bits per heavy atom. The SMILES string of the molecule is Cc1cn2cc(C(=O)N3CCCC(c4ccccc4)CC3)ccc2n1. The molecule has 1 saturated heterocycles. The first kappa shape index (κ1) is 15.9. The summed E-state index contributed by atoms with van der Waals surface area (Å²) in [4.78, 5) is 19.4. The van der Waals surface area contributed by atoms with Gasteiger partial charge in [0.25, 0.3) is 5.91 Å². The number of carbonyl (C=O) groups is 1. The lowest BCUT2D eigenvalue weighted by molar-refractivity contribution is 0.0760. The molecule has 0 N–H and O–H groups in total. The Bertz CT molecular complexity index is 885. The number of carbonyl (C=O) groups excluding carboxylic acids is 1. The second kappa shape index (κ2) is 6.71. The van der Waals surface area contributed by atoms with Gasteiger partial charge in [0.05, 0.1) is 11.3 Å². The molecule has 1 aromatic carbocycles. The summed E-state index contributed by atoms with van der Waals surface area (Å²) in [5.74, 6) is 0.680. The van der Waals surface area contributed by atoms with Gasteiger partial charge < -0.3 is 9.30 Å². The van der Waals surface area contributed by atoms with Crippen molar-refractivity contribution in [1.82, 2.24) is 14.3 Å². The number of amides is 1. The second-order valence-corrected chi connectivity index (χ2v) is 6.90. The van der Waals surface area contributed by atoms with Crippen molar-refractivity contribution in [3.05, 3.63) is 71.7 Å². The smallest absolute Gasteiger partial charge is 0.255 e. The Kier molecular flexibility index (Phi) is 4.26. The highest BCUT2D eigenvalue weighted by Crippen LogP contribution is 2.28. The molecule has 3 heterocycles. The van der Waals surface area contributed by atoms with E-state index in [1.54, 1.807) is 0 Å². The fourth-order valence-corrected chi connectivity index (χ4v) is 3.79. The number of likely N-dealkylation sites (tertiary alicyclic amines) is 1. The molecule has 1 unspecified atom stereocenters. The summed E-state index contributed by atoms with van der Waals surface area (Å²) in [6.45, 7) is 3.62. The predicted octanol–water partition coefficient (Wildman–Crippen LogP) is 4.05. The summed E-state index contributed by atoms with van der Waals surface area (Å²) < 4.78 is 1.94. The zero-order valence-electron chi connectivity index (χ0n) is 14.6. The number of hydrogen-bond donors (Lipinski definition) is 0.